The van der Waals surface area contributed by atoms with Gasteiger partial charge in [0.2, 0.25) is 23.6 Å². The minimum atomic E-state index is -1.42. The molecule has 0 saturated heterocycles. The van der Waals surface area contributed by atoms with Crippen molar-refractivity contribution in [2.75, 3.05) is 20.2 Å². The number of nitrogens with two attached hydrogens (primary N) is 4. The van der Waals surface area contributed by atoms with Gasteiger partial charge in [0, 0.05) is 13.0 Å². The second kappa shape index (κ2) is 15.6. The molecule has 0 bridgehead atoms. The number of esters is 1. The van der Waals surface area contributed by atoms with Crippen LogP contribution in [-0.4, -0.2) is 79.0 Å². The molecule has 0 spiro atoms. The van der Waals surface area contributed by atoms with Gasteiger partial charge in [-0.25, -0.2) is 0 Å². The van der Waals surface area contributed by atoms with Crippen molar-refractivity contribution in [3.8, 4) is 5.75 Å². The first-order valence-electron chi connectivity index (χ1n) is 11.2. The molecule has 0 aromatic heterocycles. The van der Waals surface area contributed by atoms with Gasteiger partial charge < -0.3 is 48.7 Å². The highest BCUT2D eigenvalue weighted by atomic mass is 16.5. The highest BCUT2D eigenvalue weighted by Gasteiger charge is 2.28. The number of ether oxygens (including phenoxy) is 1. The predicted octanol–water partition coefficient (Wildman–Crippen LogP) is -3.55. The van der Waals surface area contributed by atoms with Crippen molar-refractivity contribution in [1.82, 2.24) is 16.0 Å². The highest BCUT2D eigenvalue weighted by Crippen LogP contribution is 2.11. The molecule has 0 aliphatic rings. The van der Waals surface area contributed by atoms with Crippen LogP contribution in [0.3, 0.4) is 0 Å². The second-order valence-electron chi connectivity index (χ2n) is 8.01. The number of rotatable bonds is 15. The van der Waals surface area contributed by atoms with Gasteiger partial charge in [-0.3, -0.25) is 29.0 Å². The number of carbonyl (C=O) groups excluding carboxylic acids is 5. The largest absolute Gasteiger partial charge is 0.508 e. The molecule has 0 radical (unpaired) electrons. The van der Waals surface area contributed by atoms with Crippen LogP contribution in [0.5, 0.6) is 5.75 Å². The molecule has 1 aromatic rings. The first kappa shape index (κ1) is 30.6. The lowest BCUT2D eigenvalue weighted by molar-refractivity contribution is -0.143. The van der Waals surface area contributed by atoms with Gasteiger partial charge in [0.05, 0.1) is 26.1 Å². The molecule has 1 aromatic carbocycles. The molecular weight excluding hydrogens is 488 g/mol. The Morgan fingerprint density at radius 2 is 1.65 bits per heavy atom. The van der Waals surface area contributed by atoms with E-state index in [-0.39, 0.29) is 31.1 Å². The zero-order valence-corrected chi connectivity index (χ0v) is 20.4. The summed E-state index contributed by atoms with van der Waals surface area (Å²) < 4.78 is 4.57. The van der Waals surface area contributed by atoms with Gasteiger partial charge in [-0.2, -0.15) is 0 Å². The number of amides is 4. The molecule has 15 nitrogen and oxygen atoms in total. The topological polar surface area (TPSA) is 267 Å². The molecule has 0 heterocycles. The summed E-state index contributed by atoms with van der Waals surface area (Å²) in [5.41, 5.74) is 22.2. The van der Waals surface area contributed by atoms with Crippen LogP contribution in [0, 0.1) is 0 Å². The fourth-order valence-corrected chi connectivity index (χ4v) is 3.02. The van der Waals surface area contributed by atoms with Gasteiger partial charge in [0.1, 0.15) is 17.8 Å². The maximum absolute atomic E-state index is 12.8. The lowest BCUT2D eigenvalue weighted by Gasteiger charge is -2.22. The zero-order chi connectivity index (χ0) is 28.0. The van der Waals surface area contributed by atoms with Crippen molar-refractivity contribution in [3.63, 3.8) is 0 Å². The van der Waals surface area contributed by atoms with Crippen LogP contribution in [0.25, 0.3) is 0 Å². The van der Waals surface area contributed by atoms with Crippen LogP contribution in [0.4, 0.5) is 0 Å². The Morgan fingerprint density at radius 1 is 1.00 bits per heavy atom. The smallest absolute Gasteiger partial charge is 0.308 e. The number of hydrogen-bond donors (Lipinski definition) is 8. The Bertz CT molecular complexity index is 980. The number of benzene rings is 1. The van der Waals surface area contributed by atoms with Crippen molar-refractivity contribution in [2.24, 2.45) is 27.9 Å². The maximum atomic E-state index is 12.8. The fraction of sp³-hybridized carbons (Fsp3) is 0.455. The van der Waals surface area contributed by atoms with Gasteiger partial charge in [0.25, 0.3) is 0 Å². The number of nitrogens with zero attached hydrogens (tertiary/aromatic N) is 1. The van der Waals surface area contributed by atoms with Crippen LogP contribution >= 0.6 is 0 Å². The quantitative estimate of drug-likeness (QED) is 0.0486. The monoisotopic (exact) mass is 522 g/mol. The summed E-state index contributed by atoms with van der Waals surface area (Å²) in [6.07, 6.45) is 0.146. The van der Waals surface area contributed by atoms with Gasteiger partial charge in [-0.15, -0.1) is 0 Å². The van der Waals surface area contributed by atoms with Crippen LogP contribution < -0.4 is 38.9 Å². The van der Waals surface area contributed by atoms with Gasteiger partial charge >= 0.3 is 5.97 Å². The summed E-state index contributed by atoms with van der Waals surface area (Å²) in [7, 11) is 1.10. The summed E-state index contributed by atoms with van der Waals surface area (Å²) >= 11 is 0. The third-order valence-electron chi connectivity index (χ3n) is 5.01. The third-order valence-corrected chi connectivity index (χ3v) is 5.01. The van der Waals surface area contributed by atoms with E-state index in [0.29, 0.717) is 12.0 Å². The van der Waals surface area contributed by atoms with Crippen LogP contribution in [0.2, 0.25) is 0 Å². The minimum Gasteiger partial charge on any atom is -0.508 e. The molecule has 3 atom stereocenters. The number of phenolic OH excluding ortho intramolecular Hbond substituents is 1. The maximum Gasteiger partial charge on any atom is 0.308 e. The van der Waals surface area contributed by atoms with E-state index in [0.717, 1.165) is 7.11 Å². The number of primary amides is 1. The first-order chi connectivity index (χ1) is 17.4. The molecule has 1 rings (SSSR count). The van der Waals surface area contributed by atoms with Crippen molar-refractivity contribution in [1.29, 1.82) is 0 Å². The molecule has 12 N–H and O–H groups in total. The van der Waals surface area contributed by atoms with Crippen molar-refractivity contribution in [2.45, 2.75) is 43.8 Å². The van der Waals surface area contributed by atoms with Crippen molar-refractivity contribution < 1.29 is 33.8 Å². The number of aromatic hydroxyl groups is 1. The Kier molecular flexibility index (Phi) is 12.9. The summed E-state index contributed by atoms with van der Waals surface area (Å²) in [6.45, 7) is -0.245. The van der Waals surface area contributed by atoms with Crippen molar-refractivity contribution in [3.05, 3.63) is 29.8 Å². The third kappa shape index (κ3) is 12.2. The first-order valence-corrected chi connectivity index (χ1v) is 11.2. The second-order valence-corrected chi connectivity index (χ2v) is 8.01. The number of guanidine groups is 1. The lowest BCUT2D eigenvalue weighted by Crippen LogP contribution is -2.55. The standard InChI is InChI=1S/C22H34N8O7/c1-37-18(33)10-16(21(36)30-15(19(24)34)9-12-4-6-13(31)7-5-12)29-17(32)11-28-20(35)14(23)3-2-8-27-22(25)26/h4-7,14-16,31H,2-3,8-11,23H2,1H3,(H2,24,34)(H,28,35)(H,29,32)(H,30,36)(H4,25,26,27)/t14-,15-,16-/m0/s1. The van der Waals surface area contributed by atoms with Gasteiger partial charge in [-0.05, 0) is 30.5 Å². The summed E-state index contributed by atoms with van der Waals surface area (Å²) in [5, 5.41) is 16.4. The molecule has 0 saturated carbocycles. The van der Waals surface area contributed by atoms with Crippen LogP contribution in [0.15, 0.2) is 29.3 Å². The van der Waals surface area contributed by atoms with Crippen LogP contribution in [-0.2, 0) is 35.1 Å². The Balaban J connectivity index is 2.73. The molecule has 4 amide bonds. The average molecular weight is 523 g/mol. The number of hydrogen-bond acceptors (Lipinski definition) is 9. The average Bonchev–Trinajstić information content (AvgIpc) is 2.84. The Labute approximate surface area is 213 Å². The van der Waals surface area contributed by atoms with E-state index >= 15 is 0 Å². The number of nitrogens with one attached hydrogen (secondary N) is 3. The number of aliphatic imine (C=N–C) groups is 1. The van der Waals surface area contributed by atoms with E-state index in [1.807, 2.05) is 0 Å². The normalized spacial score (nSPS) is 12.8. The molecule has 0 aliphatic heterocycles. The predicted molar refractivity (Wildman–Crippen MR) is 132 cm³/mol. The zero-order valence-electron chi connectivity index (χ0n) is 20.4. The summed E-state index contributed by atoms with van der Waals surface area (Å²) in [6, 6.07) is 2.36. The summed E-state index contributed by atoms with van der Waals surface area (Å²) in [4.78, 5) is 64.8. The summed E-state index contributed by atoms with van der Waals surface area (Å²) in [5.74, 6) is -4.00. The molecule has 15 heteroatoms. The molecule has 0 fully saturated rings. The highest BCUT2D eigenvalue weighted by molar-refractivity contribution is 5.95. The number of phenols is 1. The van der Waals surface area contributed by atoms with Crippen LogP contribution in [0.1, 0.15) is 24.8 Å². The fourth-order valence-electron chi connectivity index (χ4n) is 3.02. The number of methoxy groups -OCH3 is 1. The van der Waals surface area contributed by atoms with E-state index in [1.165, 1.54) is 12.1 Å². The van der Waals surface area contributed by atoms with E-state index < -0.39 is 60.7 Å². The van der Waals surface area contributed by atoms with E-state index in [4.69, 9.17) is 22.9 Å². The molecule has 0 aliphatic carbocycles. The van der Waals surface area contributed by atoms with E-state index in [9.17, 15) is 29.1 Å². The molecule has 204 valence electrons. The van der Waals surface area contributed by atoms with E-state index in [1.54, 1.807) is 12.1 Å². The molecule has 37 heavy (non-hydrogen) atoms. The van der Waals surface area contributed by atoms with Gasteiger partial charge in [-0.1, -0.05) is 12.1 Å². The minimum absolute atomic E-state index is 0.00261. The number of carbonyl (C=O) groups is 5. The Morgan fingerprint density at radius 3 is 2.22 bits per heavy atom. The van der Waals surface area contributed by atoms with E-state index in [2.05, 4.69) is 25.7 Å². The van der Waals surface area contributed by atoms with Crippen molar-refractivity contribution >= 4 is 35.6 Å². The SMILES string of the molecule is COC(=O)C[C@H](NC(=O)CNC(=O)[C@@H](N)CCCN=C(N)N)C(=O)N[C@@H](Cc1ccc(O)cc1)C(N)=O. The lowest BCUT2D eigenvalue weighted by atomic mass is 10.0. The van der Waals surface area contributed by atoms with Gasteiger partial charge in [0.15, 0.2) is 5.96 Å². The molecular formula is C22H34N8O7. The Hall–Kier alpha value is -4.40. The molecule has 0 unspecified atom stereocenters.